The summed E-state index contributed by atoms with van der Waals surface area (Å²) in [6.45, 7) is 8.75. The number of ether oxygens (including phenoxy) is 1. The molecule has 2 N–H and O–H groups in total. The molecule has 0 spiro atoms. The Kier molecular flexibility index (Phi) is 8.45. The van der Waals surface area contributed by atoms with Crippen molar-refractivity contribution < 1.29 is 14.3 Å². The SMILES string of the molecule is CN(C)CCCOc1ccc2[nH]c(C3=CC(NC(=O)c4cnn(Cc5ccc(C(C)(C)C)cc5)c4)=CCC3=O)cc2c1. The Morgan fingerprint density at radius 2 is 1.90 bits per heavy atom. The number of hydrogen-bond acceptors (Lipinski definition) is 5. The van der Waals surface area contributed by atoms with E-state index < -0.39 is 0 Å². The molecule has 8 heteroatoms. The number of nitrogens with zero attached hydrogens (tertiary/aromatic N) is 3. The van der Waals surface area contributed by atoms with Crippen molar-refractivity contribution in [3.05, 3.63) is 101 Å². The molecule has 0 saturated heterocycles. The zero-order chi connectivity index (χ0) is 29.9. The Morgan fingerprint density at radius 3 is 2.64 bits per heavy atom. The Labute approximate surface area is 247 Å². The average Bonchev–Trinajstić information content (AvgIpc) is 3.59. The molecule has 0 unspecified atom stereocenters. The molecule has 1 aliphatic rings. The lowest BCUT2D eigenvalue weighted by Gasteiger charge is -2.19. The number of hydrogen-bond donors (Lipinski definition) is 2. The van der Waals surface area contributed by atoms with Gasteiger partial charge in [0.1, 0.15) is 5.75 Å². The lowest BCUT2D eigenvalue weighted by Crippen LogP contribution is -2.23. The molecule has 1 amide bonds. The number of rotatable bonds is 10. The van der Waals surface area contributed by atoms with Crippen LogP contribution in [0.25, 0.3) is 16.5 Å². The van der Waals surface area contributed by atoms with Gasteiger partial charge in [-0.25, -0.2) is 0 Å². The van der Waals surface area contributed by atoms with Crippen LogP contribution in [0.5, 0.6) is 5.75 Å². The van der Waals surface area contributed by atoms with Gasteiger partial charge in [-0.3, -0.25) is 14.3 Å². The number of carbonyl (C=O) groups excluding carboxylic acids is 2. The summed E-state index contributed by atoms with van der Waals surface area (Å²) in [5.41, 5.74) is 5.69. The topological polar surface area (TPSA) is 92.2 Å². The number of allylic oxidation sites excluding steroid dienone is 3. The van der Waals surface area contributed by atoms with Crippen molar-refractivity contribution >= 4 is 28.2 Å². The van der Waals surface area contributed by atoms with Crippen LogP contribution in [0.3, 0.4) is 0 Å². The van der Waals surface area contributed by atoms with Crippen molar-refractivity contribution in [1.82, 2.24) is 25.0 Å². The zero-order valence-corrected chi connectivity index (χ0v) is 25.0. The fraction of sp³-hybridized carbons (Fsp3) is 0.324. The van der Waals surface area contributed by atoms with Crippen molar-refractivity contribution in [2.45, 2.75) is 45.6 Å². The molecule has 0 saturated carbocycles. The highest BCUT2D eigenvalue weighted by molar-refractivity contribution is 6.23. The summed E-state index contributed by atoms with van der Waals surface area (Å²) >= 11 is 0. The van der Waals surface area contributed by atoms with E-state index in [0.29, 0.717) is 35.7 Å². The lowest BCUT2D eigenvalue weighted by molar-refractivity contribution is -0.113. The number of amides is 1. The fourth-order valence-electron chi connectivity index (χ4n) is 4.91. The van der Waals surface area contributed by atoms with E-state index in [0.717, 1.165) is 35.2 Å². The number of fused-ring (bicyclic) bond motifs is 1. The van der Waals surface area contributed by atoms with Gasteiger partial charge in [-0.2, -0.15) is 5.10 Å². The summed E-state index contributed by atoms with van der Waals surface area (Å²) in [6.07, 6.45) is 7.93. The summed E-state index contributed by atoms with van der Waals surface area (Å²) in [4.78, 5) is 31.3. The van der Waals surface area contributed by atoms with Gasteiger partial charge in [-0.1, -0.05) is 51.1 Å². The Balaban J connectivity index is 1.23. The molecular formula is C34H39N5O3. The van der Waals surface area contributed by atoms with E-state index in [-0.39, 0.29) is 23.5 Å². The highest BCUT2D eigenvalue weighted by Gasteiger charge is 2.20. The molecule has 2 aromatic heterocycles. The van der Waals surface area contributed by atoms with Crippen LogP contribution in [-0.2, 0) is 16.8 Å². The van der Waals surface area contributed by atoms with Crippen LogP contribution in [0.2, 0.25) is 0 Å². The molecule has 8 nitrogen and oxygen atoms in total. The number of aromatic nitrogens is 3. The molecule has 0 radical (unpaired) electrons. The van der Waals surface area contributed by atoms with Crippen molar-refractivity contribution in [2.24, 2.45) is 0 Å². The van der Waals surface area contributed by atoms with E-state index in [1.165, 1.54) is 5.56 Å². The second kappa shape index (κ2) is 12.2. The number of nitrogens with one attached hydrogen (secondary N) is 2. The number of aromatic amines is 1. The zero-order valence-electron chi connectivity index (χ0n) is 25.0. The summed E-state index contributed by atoms with van der Waals surface area (Å²) in [7, 11) is 4.09. The van der Waals surface area contributed by atoms with Gasteiger partial charge >= 0.3 is 0 Å². The molecule has 42 heavy (non-hydrogen) atoms. The van der Waals surface area contributed by atoms with Gasteiger partial charge in [0.25, 0.3) is 5.91 Å². The molecule has 2 aromatic carbocycles. The van der Waals surface area contributed by atoms with E-state index in [1.54, 1.807) is 29.2 Å². The van der Waals surface area contributed by atoms with Crippen molar-refractivity contribution in [2.75, 3.05) is 27.2 Å². The van der Waals surface area contributed by atoms with Crippen LogP contribution >= 0.6 is 0 Å². The molecule has 5 rings (SSSR count). The van der Waals surface area contributed by atoms with Gasteiger partial charge in [-0.15, -0.1) is 0 Å². The number of carbonyl (C=O) groups is 2. The first kappa shape index (κ1) is 29.1. The maximum absolute atomic E-state index is 13.0. The first-order chi connectivity index (χ1) is 20.0. The molecule has 4 aromatic rings. The minimum absolute atomic E-state index is 0.00925. The third kappa shape index (κ3) is 7.06. The quantitative estimate of drug-likeness (QED) is 0.240. The van der Waals surface area contributed by atoms with Gasteiger partial charge in [0.05, 0.1) is 30.6 Å². The average molecular weight is 566 g/mol. The molecule has 2 heterocycles. The molecule has 1 aliphatic carbocycles. The highest BCUT2D eigenvalue weighted by Crippen LogP contribution is 2.28. The Morgan fingerprint density at radius 1 is 1.12 bits per heavy atom. The first-order valence-corrected chi connectivity index (χ1v) is 14.3. The standard InChI is InChI=1S/C34H39N5O3/c1-34(2,3)26-9-7-23(8-10-26)21-39-22-25(20-35-39)33(41)36-27-11-14-32(40)29(19-27)31-18-24-17-28(12-13-30(24)37-31)42-16-6-15-38(4)5/h7-13,17-20,22,37H,6,14-16,21H2,1-5H3,(H,36,41). The molecule has 0 aliphatic heterocycles. The molecule has 0 fully saturated rings. The smallest absolute Gasteiger partial charge is 0.258 e. The minimum Gasteiger partial charge on any atom is -0.494 e. The van der Waals surface area contributed by atoms with Crippen LogP contribution in [0.1, 0.15) is 60.8 Å². The number of ketones is 1. The Hall–Kier alpha value is -4.43. The van der Waals surface area contributed by atoms with Gasteiger partial charge < -0.3 is 19.9 Å². The van der Waals surface area contributed by atoms with Crippen LogP contribution in [0.15, 0.2) is 78.8 Å². The summed E-state index contributed by atoms with van der Waals surface area (Å²) in [6, 6.07) is 16.3. The van der Waals surface area contributed by atoms with Crippen molar-refractivity contribution in [1.29, 1.82) is 0 Å². The number of benzene rings is 2. The maximum Gasteiger partial charge on any atom is 0.258 e. The molecular weight excluding hydrogens is 526 g/mol. The normalized spacial score (nSPS) is 13.8. The van der Waals surface area contributed by atoms with Crippen LogP contribution < -0.4 is 10.1 Å². The third-order valence-electron chi connectivity index (χ3n) is 7.33. The summed E-state index contributed by atoms with van der Waals surface area (Å²) in [5.74, 6) is 0.518. The number of Topliss-reactive ketones (excluding diaryl/α,β-unsaturated/α-hetero) is 1. The van der Waals surface area contributed by atoms with Crippen molar-refractivity contribution in [3.63, 3.8) is 0 Å². The van der Waals surface area contributed by atoms with Gasteiger partial charge in [0, 0.05) is 41.3 Å². The summed E-state index contributed by atoms with van der Waals surface area (Å²) in [5, 5.41) is 8.28. The predicted octanol–water partition coefficient (Wildman–Crippen LogP) is 5.71. The summed E-state index contributed by atoms with van der Waals surface area (Å²) < 4.78 is 7.67. The number of H-pyrrole nitrogens is 1. The fourth-order valence-corrected chi connectivity index (χ4v) is 4.91. The van der Waals surface area contributed by atoms with Crippen molar-refractivity contribution in [3.8, 4) is 5.75 Å². The van der Waals surface area contributed by atoms with Crippen LogP contribution in [0.4, 0.5) is 0 Å². The second-order valence-corrected chi connectivity index (χ2v) is 12.1. The minimum atomic E-state index is -0.270. The first-order valence-electron chi connectivity index (χ1n) is 14.3. The lowest BCUT2D eigenvalue weighted by atomic mass is 9.87. The highest BCUT2D eigenvalue weighted by atomic mass is 16.5. The maximum atomic E-state index is 13.0. The van der Waals surface area contributed by atoms with Crippen LogP contribution in [-0.4, -0.2) is 58.6 Å². The predicted molar refractivity (Wildman–Crippen MR) is 167 cm³/mol. The van der Waals surface area contributed by atoms with Gasteiger partial charge in [0.15, 0.2) is 5.78 Å². The van der Waals surface area contributed by atoms with Gasteiger partial charge in [0.2, 0.25) is 0 Å². The van der Waals surface area contributed by atoms with Gasteiger partial charge in [-0.05, 0) is 67.4 Å². The van der Waals surface area contributed by atoms with Crippen LogP contribution in [0, 0.1) is 0 Å². The second-order valence-electron chi connectivity index (χ2n) is 12.1. The van der Waals surface area contributed by atoms with E-state index in [4.69, 9.17) is 4.74 Å². The van der Waals surface area contributed by atoms with E-state index >= 15 is 0 Å². The Bertz CT molecular complexity index is 1650. The van der Waals surface area contributed by atoms with E-state index in [9.17, 15) is 9.59 Å². The molecule has 218 valence electrons. The third-order valence-corrected chi connectivity index (χ3v) is 7.33. The molecule has 0 atom stereocenters. The molecule has 0 bridgehead atoms. The van der Waals surface area contributed by atoms with E-state index in [2.05, 4.69) is 65.3 Å². The largest absolute Gasteiger partial charge is 0.494 e. The van der Waals surface area contributed by atoms with E-state index in [1.807, 2.05) is 38.4 Å². The monoisotopic (exact) mass is 565 g/mol.